The minimum absolute atomic E-state index is 0.0716. The van der Waals surface area contributed by atoms with Crippen molar-refractivity contribution in [1.29, 1.82) is 0 Å². The monoisotopic (exact) mass is 381 g/mol. The van der Waals surface area contributed by atoms with Gasteiger partial charge in [0, 0.05) is 23.2 Å². The summed E-state index contributed by atoms with van der Waals surface area (Å²) in [5, 5.41) is 7.35. The van der Waals surface area contributed by atoms with Gasteiger partial charge in [-0.05, 0) is 39.3 Å². The number of thioether (sulfide) groups is 1. The third kappa shape index (κ3) is 5.17. The Bertz CT molecular complexity index is 929. The van der Waals surface area contributed by atoms with Gasteiger partial charge in [0.1, 0.15) is 5.82 Å². The first-order chi connectivity index (χ1) is 12.9. The lowest BCUT2D eigenvalue weighted by atomic mass is 10.2. The zero-order valence-electron chi connectivity index (χ0n) is 16.0. The van der Waals surface area contributed by atoms with E-state index in [0.29, 0.717) is 17.5 Å². The molecule has 2 aromatic heterocycles. The molecule has 0 unspecified atom stereocenters. The molecule has 0 aliphatic heterocycles. The van der Waals surface area contributed by atoms with E-state index in [9.17, 15) is 4.79 Å². The van der Waals surface area contributed by atoms with Crippen LogP contribution in [0.4, 0.5) is 5.82 Å². The van der Waals surface area contributed by atoms with Gasteiger partial charge >= 0.3 is 0 Å². The Morgan fingerprint density at radius 1 is 1.00 bits per heavy atom. The molecule has 140 valence electrons. The van der Waals surface area contributed by atoms with Crippen LogP contribution in [-0.4, -0.2) is 31.4 Å². The average Bonchev–Trinajstić information content (AvgIpc) is 2.96. The van der Waals surface area contributed by atoms with Crippen LogP contribution in [0.15, 0.2) is 36.4 Å². The molecule has 3 aromatic rings. The van der Waals surface area contributed by atoms with Gasteiger partial charge in [0.15, 0.2) is 0 Å². The second-order valence-corrected chi connectivity index (χ2v) is 7.55. The van der Waals surface area contributed by atoms with Gasteiger partial charge in [-0.2, -0.15) is 9.78 Å². The smallest absolute Gasteiger partial charge is 0.252 e. The second kappa shape index (κ2) is 8.35. The standard InChI is InChI=1S/C20H23N5OS/c1-13-5-7-17(8-6-13)11-27-12-19(26)23-18-10-16(4)24-25(18)20-21-14(2)9-15(3)22-20/h5-10H,11-12H2,1-4H3,(H,23,26). The largest absolute Gasteiger partial charge is 0.310 e. The van der Waals surface area contributed by atoms with E-state index >= 15 is 0 Å². The number of hydrogen-bond donors (Lipinski definition) is 1. The Morgan fingerprint density at radius 3 is 2.33 bits per heavy atom. The molecule has 0 aliphatic carbocycles. The minimum atomic E-state index is -0.0716. The number of aryl methyl sites for hydroxylation is 4. The van der Waals surface area contributed by atoms with Crippen molar-refractivity contribution in [3.63, 3.8) is 0 Å². The van der Waals surface area contributed by atoms with Crippen LogP contribution in [-0.2, 0) is 10.5 Å². The number of nitrogens with one attached hydrogen (secondary N) is 1. The van der Waals surface area contributed by atoms with E-state index in [4.69, 9.17) is 0 Å². The summed E-state index contributed by atoms with van der Waals surface area (Å²) >= 11 is 1.58. The lowest BCUT2D eigenvalue weighted by Crippen LogP contribution is -2.18. The number of hydrogen-bond acceptors (Lipinski definition) is 5. The van der Waals surface area contributed by atoms with E-state index < -0.39 is 0 Å². The van der Waals surface area contributed by atoms with Gasteiger partial charge in [-0.15, -0.1) is 11.8 Å². The number of carbonyl (C=O) groups excluding carboxylic acids is 1. The normalized spacial score (nSPS) is 10.8. The van der Waals surface area contributed by atoms with Gasteiger partial charge in [0.05, 0.1) is 11.4 Å². The Kier molecular flexibility index (Phi) is 5.91. The number of nitrogens with zero attached hydrogens (tertiary/aromatic N) is 4. The molecule has 1 aromatic carbocycles. The summed E-state index contributed by atoms with van der Waals surface area (Å²) in [6.45, 7) is 7.76. The van der Waals surface area contributed by atoms with Crippen molar-refractivity contribution in [3.05, 3.63) is 64.6 Å². The lowest BCUT2D eigenvalue weighted by molar-refractivity contribution is -0.113. The maximum atomic E-state index is 12.4. The molecule has 7 heteroatoms. The minimum Gasteiger partial charge on any atom is -0.310 e. The van der Waals surface area contributed by atoms with E-state index in [-0.39, 0.29) is 5.91 Å². The molecule has 27 heavy (non-hydrogen) atoms. The number of carbonyl (C=O) groups is 1. The lowest BCUT2D eigenvalue weighted by Gasteiger charge is -2.09. The average molecular weight is 382 g/mol. The third-order valence-corrected chi connectivity index (χ3v) is 4.89. The van der Waals surface area contributed by atoms with Crippen molar-refractivity contribution in [2.75, 3.05) is 11.1 Å². The maximum Gasteiger partial charge on any atom is 0.252 e. The third-order valence-electron chi connectivity index (χ3n) is 3.88. The SMILES string of the molecule is Cc1ccc(CSCC(=O)Nc2cc(C)nn2-c2nc(C)cc(C)n2)cc1. The molecule has 3 rings (SSSR count). The Labute approximate surface area is 163 Å². The summed E-state index contributed by atoms with van der Waals surface area (Å²) < 4.78 is 1.58. The summed E-state index contributed by atoms with van der Waals surface area (Å²) in [6.07, 6.45) is 0. The molecular formula is C20H23N5OS. The van der Waals surface area contributed by atoms with Gasteiger partial charge in [-0.3, -0.25) is 4.79 Å². The highest BCUT2D eigenvalue weighted by molar-refractivity contribution is 7.99. The summed E-state index contributed by atoms with van der Waals surface area (Å²) in [5.41, 5.74) is 4.95. The molecule has 0 atom stereocenters. The summed E-state index contributed by atoms with van der Waals surface area (Å²) in [5.74, 6) is 2.14. The first-order valence-electron chi connectivity index (χ1n) is 8.73. The van der Waals surface area contributed by atoms with Gasteiger partial charge in [0.2, 0.25) is 5.91 Å². The summed E-state index contributed by atoms with van der Waals surface area (Å²) in [6, 6.07) is 12.1. The van der Waals surface area contributed by atoms with Gasteiger partial charge in [-0.1, -0.05) is 29.8 Å². The number of rotatable bonds is 6. The van der Waals surface area contributed by atoms with Crippen LogP contribution in [0.3, 0.4) is 0 Å². The Hall–Kier alpha value is -2.67. The van der Waals surface area contributed by atoms with Gasteiger partial charge in [0.25, 0.3) is 5.95 Å². The van der Waals surface area contributed by atoms with Crippen molar-refractivity contribution in [2.45, 2.75) is 33.4 Å². The fourth-order valence-corrected chi connectivity index (χ4v) is 3.46. The molecule has 2 heterocycles. The molecule has 0 saturated carbocycles. The molecule has 0 spiro atoms. The van der Waals surface area contributed by atoms with Gasteiger partial charge in [-0.25, -0.2) is 9.97 Å². The van der Waals surface area contributed by atoms with Crippen molar-refractivity contribution in [1.82, 2.24) is 19.7 Å². The van der Waals surface area contributed by atoms with Crippen LogP contribution in [0.25, 0.3) is 5.95 Å². The predicted molar refractivity (Wildman–Crippen MR) is 109 cm³/mol. The van der Waals surface area contributed by atoms with E-state index in [0.717, 1.165) is 22.8 Å². The molecule has 0 saturated heterocycles. The number of aromatic nitrogens is 4. The van der Waals surface area contributed by atoms with Crippen molar-refractivity contribution in [3.8, 4) is 5.95 Å². The summed E-state index contributed by atoms with van der Waals surface area (Å²) in [7, 11) is 0. The van der Waals surface area contributed by atoms with Gasteiger partial charge < -0.3 is 5.32 Å². The van der Waals surface area contributed by atoms with Crippen LogP contribution in [0, 0.1) is 27.7 Å². The zero-order chi connectivity index (χ0) is 19.4. The van der Waals surface area contributed by atoms with E-state index in [1.807, 2.05) is 32.9 Å². The van der Waals surface area contributed by atoms with Crippen LogP contribution >= 0.6 is 11.8 Å². The highest BCUT2D eigenvalue weighted by Crippen LogP contribution is 2.17. The Morgan fingerprint density at radius 2 is 1.67 bits per heavy atom. The summed E-state index contributed by atoms with van der Waals surface area (Å²) in [4.78, 5) is 21.2. The fourth-order valence-electron chi connectivity index (χ4n) is 2.67. The molecule has 0 fully saturated rings. The molecule has 0 radical (unpaired) electrons. The van der Waals surface area contributed by atoms with Crippen molar-refractivity contribution >= 4 is 23.5 Å². The number of anilines is 1. The van der Waals surface area contributed by atoms with Crippen LogP contribution < -0.4 is 5.32 Å². The Balaban J connectivity index is 1.65. The molecule has 0 aliphatic rings. The van der Waals surface area contributed by atoms with E-state index in [1.165, 1.54) is 11.1 Å². The highest BCUT2D eigenvalue weighted by atomic mass is 32.2. The van der Waals surface area contributed by atoms with Crippen molar-refractivity contribution < 1.29 is 4.79 Å². The van der Waals surface area contributed by atoms with Crippen LogP contribution in [0.5, 0.6) is 0 Å². The van der Waals surface area contributed by atoms with Crippen LogP contribution in [0.1, 0.15) is 28.2 Å². The van der Waals surface area contributed by atoms with E-state index in [1.54, 1.807) is 16.4 Å². The number of benzene rings is 1. The molecule has 1 amide bonds. The maximum absolute atomic E-state index is 12.4. The quantitative estimate of drug-likeness (QED) is 0.704. The fraction of sp³-hybridized carbons (Fsp3) is 0.300. The van der Waals surface area contributed by atoms with Crippen LogP contribution in [0.2, 0.25) is 0 Å². The second-order valence-electron chi connectivity index (χ2n) is 6.56. The molecule has 0 bridgehead atoms. The zero-order valence-corrected chi connectivity index (χ0v) is 16.8. The van der Waals surface area contributed by atoms with E-state index in [2.05, 4.69) is 51.6 Å². The predicted octanol–water partition coefficient (Wildman–Crippen LogP) is 3.77. The molecule has 6 nitrogen and oxygen atoms in total. The molecular weight excluding hydrogens is 358 g/mol. The molecule has 1 N–H and O–H groups in total. The first kappa shape index (κ1) is 19.1. The first-order valence-corrected chi connectivity index (χ1v) is 9.88. The highest BCUT2D eigenvalue weighted by Gasteiger charge is 2.13. The topological polar surface area (TPSA) is 72.7 Å². The number of amides is 1. The van der Waals surface area contributed by atoms with Crippen molar-refractivity contribution in [2.24, 2.45) is 0 Å².